The van der Waals surface area contributed by atoms with Crippen LogP contribution in [-0.4, -0.2) is 34.7 Å². The van der Waals surface area contributed by atoms with Crippen molar-refractivity contribution in [1.29, 1.82) is 0 Å². The van der Waals surface area contributed by atoms with E-state index in [-0.39, 0.29) is 0 Å². The molecule has 18 heavy (non-hydrogen) atoms. The van der Waals surface area contributed by atoms with Crippen LogP contribution in [0.5, 0.6) is 0 Å². The first kappa shape index (κ1) is 14.9. The quantitative estimate of drug-likeness (QED) is 0.585. The van der Waals surface area contributed by atoms with Gasteiger partial charge in [0.2, 0.25) is 0 Å². The monoisotopic (exact) mass is 270 g/mol. The second-order valence-corrected chi connectivity index (χ2v) is 4.30. The number of thiocarbonyl (C=S) groups is 1. The van der Waals surface area contributed by atoms with Gasteiger partial charge in [-0.15, -0.1) is 0 Å². The second kappa shape index (κ2) is 8.05. The first-order valence-electron chi connectivity index (χ1n) is 6.34. The maximum Gasteiger partial charge on any atom is 0.170 e. The minimum Gasteiger partial charge on any atom is -0.382 e. The molecular weight excluding hydrogens is 248 g/mol. The van der Waals surface area contributed by atoms with E-state index in [0.717, 1.165) is 44.1 Å². The predicted molar refractivity (Wildman–Crippen MR) is 78.0 cm³/mol. The lowest BCUT2D eigenvalue weighted by molar-refractivity contribution is 0.146. The Morgan fingerprint density at radius 1 is 1.50 bits per heavy atom. The fourth-order valence-corrected chi connectivity index (χ4v) is 1.79. The molecule has 1 rings (SSSR count). The standard InChI is InChI=1S/C12H22N4OS/c1-4-16-10(3)11(9-14-16)15-12(18)13-7-6-8-17-5-2/h9H,4-8H2,1-3H3,(H2,13,15,18). The van der Waals surface area contributed by atoms with Crippen LogP contribution in [0.1, 0.15) is 26.0 Å². The molecule has 0 spiro atoms. The van der Waals surface area contributed by atoms with E-state index < -0.39 is 0 Å². The number of aryl methyl sites for hydroxylation is 1. The van der Waals surface area contributed by atoms with E-state index in [4.69, 9.17) is 17.0 Å². The van der Waals surface area contributed by atoms with E-state index in [1.807, 2.05) is 18.5 Å². The molecule has 0 unspecified atom stereocenters. The summed E-state index contributed by atoms with van der Waals surface area (Å²) in [5.74, 6) is 0. The van der Waals surface area contributed by atoms with Crippen LogP contribution in [0.2, 0.25) is 0 Å². The van der Waals surface area contributed by atoms with Crippen molar-refractivity contribution >= 4 is 23.0 Å². The third-order valence-electron chi connectivity index (χ3n) is 2.61. The van der Waals surface area contributed by atoms with Crippen LogP contribution >= 0.6 is 12.2 Å². The summed E-state index contributed by atoms with van der Waals surface area (Å²) in [6.45, 7) is 9.28. The van der Waals surface area contributed by atoms with Gasteiger partial charge in [0.05, 0.1) is 17.6 Å². The molecule has 0 saturated carbocycles. The van der Waals surface area contributed by atoms with Crippen molar-refractivity contribution < 1.29 is 4.74 Å². The van der Waals surface area contributed by atoms with Crippen molar-refractivity contribution in [3.63, 3.8) is 0 Å². The molecular formula is C12H22N4OS. The summed E-state index contributed by atoms with van der Waals surface area (Å²) in [5.41, 5.74) is 2.05. The van der Waals surface area contributed by atoms with Crippen LogP contribution in [0.3, 0.4) is 0 Å². The average molecular weight is 270 g/mol. The lowest BCUT2D eigenvalue weighted by Crippen LogP contribution is -2.30. The largest absolute Gasteiger partial charge is 0.382 e. The van der Waals surface area contributed by atoms with Gasteiger partial charge in [0, 0.05) is 26.3 Å². The Balaban J connectivity index is 2.29. The van der Waals surface area contributed by atoms with Gasteiger partial charge in [0.25, 0.3) is 0 Å². The summed E-state index contributed by atoms with van der Waals surface area (Å²) in [5, 5.41) is 11.2. The highest BCUT2D eigenvalue weighted by atomic mass is 32.1. The molecule has 0 fully saturated rings. The van der Waals surface area contributed by atoms with Gasteiger partial charge < -0.3 is 15.4 Å². The van der Waals surface area contributed by atoms with Crippen LogP contribution in [0.25, 0.3) is 0 Å². The summed E-state index contributed by atoms with van der Waals surface area (Å²) in [7, 11) is 0. The number of hydrogen-bond acceptors (Lipinski definition) is 3. The molecule has 0 amide bonds. The van der Waals surface area contributed by atoms with Gasteiger partial charge in [0.1, 0.15) is 0 Å². The summed E-state index contributed by atoms with van der Waals surface area (Å²) < 4.78 is 7.18. The Hall–Kier alpha value is -1.14. The highest BCUT2D eigenvalue weighted by Gasteiger charge is 2.05. The number of nitrogens with one attached hydrogen (secondary N) is 2. The summed E-state index contributed by atoms with van der Waals surface area (Å²) in [6.07, 6.45) is 2.75. The highest BCUT2D eigenvalue weighted by Crippen LogP contribution is 2.12. The van der Waals surface area contributed by atoms with Crippen LogP contribution in [0.4, 0.5) is 5.69 Å². The van der Waals surface area contributed by atoms with Crippen LogP contribution < -0.4 is 10.6 Å². The third-order valence-corrected chi connectivity index (χ3v) is 2.85. The van der Waals surface area contributed by atoms with Gasteiger partial charge in [-0.25, -0.2) is 0 Å². The predicted octanol–water partition coefficient (Wildman–Crippen LogP) is 1.92. The van der Waals surface area contributed by atoms with E-state index >= 15 is 0 Å². The van der Waals surface area contributed by atoms with Crippen molar-refractivity contribution in [3.05, 3.63) is 11.9 Å². The normalized spacial score (nSPS) is 10.4. The molecule has 1 aromatic rings. The van der Waals surface area contributed by atoms with Crippen LogP contribution in [0.15, 0.2) is 6.20 Å². The van der Waals surface area contributed by atoms with Gasteiger partial charge in [-0.1, -0.05) is 0 Å². The molecule has 0 aliphatic rings. The third kappa shape index (κ3) is 4.62. The molecule has 5 nitrogen and oxygen atoms in total. The zero-order valence-corrected chi connectivity index (χ0v) is 12.1. The Labute approximate surface area is 114 Å². The number of rotatable bonds is 7. The van der Waals surface area contributed by atoms with Crippen molar-refractivity contribution in [3.8, 4) is 0 Å². The highest BCUT2D eigenvalue weighted by molar-refractivity contribution is 7.80. The Morgan fingerprint density at radius 3 is 2.89 bits per heavy atom. The van der Waals surface area contributed by atoms with Gasteiger partial charge in [-0.3, -0.25) is 4.68 Å². The minimum atomic E-state index is 0.630. The van der Waals surface area contributed by atoms with Gasteiger partial charge in [-0.2, -0.15) is 5.10 Å². The molecule has 2 N–H and O–H groups in total. The first-order valence-corrected chi connectivity index (χ1v) is 6.74. The van der Waals surface area contributed by atoms with E-state index in [1.165, 1.54) is 0 Å². The van der Waals surface area contributed by atoms with E-state index in [9.17, 15) is 0 Å². The Morgan fingerprint density at radius 2 is 2.28 bits per heavy atom. The zero-order valence-electron chi connectivity index (χ0n) is 11.3. The van der Waals surface area contributed by atoms with Crippen molar-refractivity contribution in [2.45, 2.75) is 33.7 Å². The topological polar surface area (TPSA) is 51.1 Å². The maximum absolute atomic E-state index is 5.25. The smallest absolute Gasteiger partial charge is 0.170 e. The average Bonchev–Trinajstić information content (AvgIpc) is 2.70. The first-order chi connectivity index (χ1) is 8.69. The van der Waals surface area contributed by atoms with Crippen molar-refractivity contribution in [2.24, 2.45) is 0 Å². The lowest BCUT2D eigenvalue weighted by atomic mass is 10.4. The Bertz CT molecular complexity index is 378. The van der Waals surface area contributed by atoms with Gasteiger partial charge in [-0.05, 0) is 39.4 Å². The second-order valence-electron chi connectivity index (χ2n) is 3.89. The molecule has 0 aliphatic heterocycles. The molecule has 6 heteroatoms. The molecule has 0 bridgehead atoms. The summed E-state index contributed by atoms with van der Waals surface area (Å²) in [4.78, 5) is 0. The lowest BCUT2D eigenvalue weighted by Gasteiger charge is -2.10. The molecule has 0 aliphatic carbocycles. The number of aromatic nitrogens is 2. The minimum absolute atomic E-state index is 0.630. The molecule has 0 aromatic carbocycles. The molecule has 1 aromatic heterocycles. The van der Waals surface area contributed by atoms with E-state index in [2.05, 4.69) is 22.7 Å². The van der Waals surface area contributed by atoms with E-state index in [1.54, 1.807) is 6.20 Å². The van der Waals surface area contributed by atoms with Crippen molar-refractivity contribution in [2.75, 3.05) is 25.1 Å². The van der Waals surface area contributed by atoms with Crippen LogP contribution in [-0.2, 0) is 11.3 Å². The molecule has 102 valence electrons. The molecule has 0 atom stereocenters. The molecule has 0 saturated heterocycles. The SMILES string of the molecule is CCOCCCNC(=S)Nc1cnn(CC)c1C. The van der Waals surface area contributed by atoms with E-state index in [0.29, 0.717) is 5.11 Å². The maximum atomic E-state index is 5.25. The summed E-state index contributed by atoms with van der Waals surface area (Å²) >= 11 is 5.22. The van der Waals surface area contributed by atoms with Crippen molar-refractivity contribution in [1.82, 2.24) is 15.1 Å². The number of ether oxygens (including phenoxy) is 1. The van der Waals surface area contributed by atoms with Gasteiger partial charge in [0.15, 0.2) is 5.11 Å². The Kier molecular flexibility index (Phi) is 6.67. The number of anilines is 1. The van der Waals surface area contributed by atoms with Gasteiger partial charge >= 0.3 is 0 Å². The summed E-state index contributed by atoms with van der Waals surface area (Å²) in [6, 6.07) is 0. The number of nitrogens with zero attached hydrogens (tertiary/aromatic N) is 2. The molecule has 1 heterocycles. The fraction of sp³-hybridized carbons (Fsp3) is 0.667. The number of hydrogen-bond donors (Lipinski definition) is 2. The zero-order chi connectivity index (χ0) is 13.4. The molecule has 0 radical (unpaired) electrons. The van der Waals surface area contributed by atoms with Crippen LogP contribution in [0, 0.1) is 6.92 Å². The fourth-order valence-electron chi connectivity index (χ4n) is 1.58.